The van der Waals surface area contributed by atoms with Gasteiger partial charge in [0.15, 0.2) is 0 Å². The minimum absolute atomic E-state index is 0.00776. The first kappa shape index (κ1) is 22.0. The number of rotatable bonds is 5. The van der Waals surface area contributed by atoms with Gasteiger partial charge in [-0.05, 0) is 41.7 Å². The fourth-order valence-electron chi connectivity index (χ4n) is 5.17. The van der Waals surface area contributed by atoms with Crippen molar-refractivity contribution in [3.63, 3.8) is 0 Å². The van der Waals surface area contributed by atoms with Crippen LogP contribution in [0.3, 0.4) is 0 Å². The van der Waals surface area contributed by atoms with E-state index in [1.165, 1.54) is 4.90 Å². The standard InChI is InChI=1S/C26H29N3O3/c1-28(2)25(31)19-13-11-17(12-14-19)20-9-5-6-10-21(20)24-22(15-27)29(23(24)16-30)26(32)18-7-3-4-8-18/h5-6,9-14,18,22-24,30H,3-4,7-8,16H2,1-2H3/t22-,23-,24-/m1/s1. The third kappa shape index (κ3) is 3.78. The molecule has 0 aromatic heterocycles. The van der Waals surface area contributed by atoms with Crippen LogP contribution in [0.4, 0.5) is 0 Å². The number of hydrogen-bond donors (Lipinski definition) is 1. The van der Waals surface area contributed by atoms with Crippen LogP contribution in [-0.4, -0.2) is 59.5 Å². The van der Waals surface area contributed by atoms with Gasteiger partial charge in [-0.25, -0.2) is 0 Å². The molecule has 0 bridgehead atoms. The lowest BCUT2D eigenvalue weighted by atomic mass is 9.73. The Morgan fingerprint density at radius 3 is 2.34 bits per heavy atom. The van der Waals surface area contributed by atoms with Crippen molar-refractivity contribution in [2.45, 2.75) is 43.7 Å². The number of aliphatic hydroxyl groups excluding tert-OH is 1. The quantitative estimate of drug-likeness (QED) is 0.786. The van der Waals surface area contributed by atoms with E-state index in [1.54, 1.807) is 31.1 Å². The van der Waals surface area contributed by atoms with Crippen molar-refractivity contribution in [3.05, 3.63) is 59.7 Å². The first-order chi connectivity index (χ1) is 15.5. The molecule has 2 aromatic carbocycles. The molecule has 4 rings (SSSR count). The van der Waals surface area contributed by atoms with E-state index in [-0.39, 0.29) is 30.3 Å². The van der Waals surface area contributed by atoms with Crippen molar-refractivity contribution in [1.29, 1.82) is 5.26 Å². The Labute approximate surface area is 189 Å². The maximum atomic E-state index is 13.1. The highest BCUT2D eigenvalue weighted by atomic mass is 16.3. The lowest BCUT2D eigenvalue weighted by molar-refractivity contribution is -0.151. The third-order valence-corrected chi connectivity index (χ3v) is 6.86. The average Bonchev–Trinajstić information content (AvgIpc) is 3.34. The van der Waals surface area contributed by atoms with Crippen LogP contribution in [0.2, 0.25) is 0 Å². The number of benzene rings is 2. The predicted octanol–water partition coefficient (Wildman–Crippen LogP) is 3.42. The van der Waals surface area contributed by atoms with Gasteiger partial charge in [-0.2, -0.15) is 5.26 Å². The van der Waals surface area contributed by atoms with E-state index < -0.39 is 12.1 Å². The molecular formula is C26H29N3O3. The average molecular weight is 432 g/mol. The molecule has 1 saturated heterocycles. The van der Waals surface area contributed by atoms with Crippen LogP contribution in [-0.2, 0) is 4.79 Å². The van der Waals surface area contributed by atoms with Crippen LogP contribution in [0.1, 0.15) is 47.5 Å². The summed E-state index contributed by atoms with van der Waals surface area (Å²) in [5, 5.41) is 20.1. The predicted molar refractivity (Wildman–Crippen MR) is 122 cm³/mol. The number of aliphatic hydroxyl groups is 1. The van der Waals surface area contributed by atoms with Crippen LogP contribution in [0.5, 0.6) is 0 Å². The van der Waals surface area contributed by atoms with Crippen molar-refractivity contribution < 1.29 is 14.7 Å². The normalized spacial score (nSPS) is 22.8. The van der Waals surface area contributed by atoms with Gasteiger partial charge in [-0.3, -0.25) is 9.59 Å². The van der Waals surface area contributed by atoms with E-state index in [9.17, 15) is 20.0 Å². The molecule has 0 spiro atoms. The lowest BCUT2D eigenvalue weighted by Gasteiger charge is -2.52. The van der Waals surface area contributed by atoms with Gasteiger partial charge in [-0.1, -0.05) is 49.2 Å². The number of carbonyl (C=O) groups excluding carboxylic acids is 2. The Morgan fingerprint density at radius 2 is 1.75 bits per heavy atom. The second-order valence-corrected chi connectivity index (χ2v) is 8.94. The van der Waals surface area contributed by atoms with E-state index in [1.807, 2.05) is 36.4 Å². The Balaban J connectivity index is 1.65. The highest BCUT2D eigenvalue weighted by molar-refractivity contribution is 5.94. The van der Waals surface area contributed by atoms with Crippen molar-refractivity contribution >= 4 is 11.8 Å². The summed E-state index contributed by atoms with van der Waals surface area (Å²) < 4.78 is 0. The Hall–Kier alpha value is -3.17. The second kappa shape index (κ2) is 9.13. The van der Waals surface area contributed by atoms with Gasteiger partial charge < -0.3 is 14.9 Å². The van der Waals surface area contributed by atoms with Crippen molar-refractivity contribution in [2.24, 2.45) is 5.92 Å². The number of nitrogens with zero attached hydrogens (tertiary/aromatic N) is 3. The SMILES string of the molecule is CN(C)C(=O)c1ccc(-c2ccccc2[C@@H]2[C@@H](C#N)N(C(=O)C3CCCC3)[C@@H]2CO)cc1. The number of hydrogen-bond acceptors (Lipinski definition) is 4. The maximum absolute atomic E-state index is 13.1. The summed E-state index contributed by atoms with van der Waals surface area (Å²) in [6.07, 6.45) is 3.82. The van der Waals surface area contributed by atoms with Crippen LogP contribution >= 0.6 is 0 Å². The van der Waals surface area contributed by atoms with E-state index in [4.69, 9.17) is 0 Å². The summed E-state index contributed by atoms with van der Waals surface area (Å²) in [5.74, 6) is -0.337. The van der Waals surface area contributed by atoms with Gasteiger partial charge in [0.25, 0.3) is 5.91 Å². The van der Waals surface area contributed by atoms with E-state index in [2.05, 4.69) is 6.07 Å². The molecule has 2 aliphatic rings. The summed E-state index contributed by atoms with van der Waals surface area (Å²) in [5.41, 5.74) is 3.44. The van der Waals surface area contributed by atoms with Gasteiger partial charge in [-0.15, -0.1) is 0 Å². The molecule has 3 atom stereocenters. The molecule has 1 saturated carbocycles. The van der Waals surface area contributed by atoms with Crippen LogP contribution in [0.25, 0.3) is 11.1 Å². The molecule has 1 aliphatic carbocycles. The third-order valence-electron chi connectivity index (χ3n) is 6.86. The van der Waals surface area contributed by atoms with Crippen LogP contribution in [0, 0.1) is 17.2 Å². The van der Waals surface area contributed by atoms with Crippen molar-refractivity contribution in [2.75, 3.05) is 20.7 Å². The van der Waals surface area contributed by atoms with Crippen molar-refractivity contribution in [1.82, 2.24) is 9.80 Å². The van der Waals surface area contributed by atoms with E-state index >= 15 is 0 Å². The molecule has 2 amide bonds. The minimum atomic E-state index is -0.587. The Morgan fingerprint density at radius 1 is 1.09 bits per heavy atom. The first-order valence-corrected chi connectivity index (χ1v) is 11.2. The van der Waals surface area contributed by atoms with Gasteiger partial charge in [0, 0.05) is 31.5 Å². The zero-order chi connectivity index (χ0) is 22.8. The molecule has 166 valence electrons. The minimum Gasteiger partial charge on any atom is -0.394 e. The number of likely N-dealkylation sites (tertiary alicyclic amines) is 1. The highest BCUT2D eigenvalue weighted by Gasteiger charge is 2.53. The summed E-state index contributed by atoms with van der Waals surface area (Å²) in [4.78, 5) is 28.5. The molecule has 6 nitrogen and oxygen atoms in total. The molecule has 6 heteroatoms. The van der Waals surface area contributed by atoms with Crippen LogP contribution < -0.4 is 0 Å². The van der Waals surface area contributed by atoms with Gasteiger partial charge >= 0.3 is 0 Å². The molecule has 1 heterocycles. The molecular weight excluding hydrogens is 402 g/mol. The van der Waals surface area contributed by atoms with Gasteiger partial charge in [0.2, 0.25) is 5.91 Å². The lowest BCUT2D eigenvalue weighted by Crippen LogP contribution is -2.66. The summed E-state index contributed by atoms with van der Waals surface area (Å²) in [6.45, 7) is -0.175. The zero-order valence-electron chi connectivity index (χ0n) is 18.6. The largest absolute Gasteiger partial charge is 0.394 e. The summed E-state index contributed by atoms with van der Waals surface area (Å²) in [6, 6.07) is 16.6. The molecule has 32 heavy (non-hydrogen) atoms. The first-order valence-electron chi connectivity index (χ1n) is 11.2. The summed E-state index contributed by atoms with van der Waals surface area (Å²) in [7, 11) is 3.44. The summed E-state index contributed by atoms with van der Waals surface area (Å²) >= 11 is 0. The maximum Gasteiger partial charge on any atom is 0.253 e. The molecule has 1 N–H and O–H groups in total. The number of amides is 2. The number of carbonyl (C=O) groups is 2. The fraction of sp³-hybridized carbons (Fsp3) is 0.423. The Bertz CT molecular complexity index is 1040. The molecule has 1 aliphatic heterocycles. The van der Waals surface area contributed by atoms with E-state index in [0.29, 0.717) is 5.56 Å². The molecule has 2 aromatic rings. The molecule has 2 fully saturated rings. The smallest absolute Gasteiger partial charge is 0.253 e. The second-order valence-electron chi connectivity index (χ2n) is 8.94. The highest BCUT2D eigenvalue weighted by Crippen LogP contribution is 2.45. The van der Waals surface area contributed by atoms with E-state index in [0.717, 1.165) is 42.4 Å². The van der Waals surface area contributed by atoms with Crippen LogP contribution in [0.15, 0.2) is 48.5 Å². The Kier molecular flexibility index (Phi) is 6.29. The topological polar surface area (TPSA) is 84.6 Å². The fourth-order valence-corrected chi connectivity index (χ4v) is 5.17. The zero-order valence-corrected chi connectivity index (χ0v) is 18.6. The molecule has 0 radical (unpaired) electrons. The van der Waals surface area contributed by atoms with Gasteiger partial charge in [0.1, 0.15) is 6.04 Å². The monoisotopic (exact) mass is 431 g/mol. The number of nitriles is 1. The molecule has 0 unspecified atom stereocenters. The van der Waals surface area contributed by atoms with Gasteiger partial charge in [0.05, 0.1) is 18.7 Å². The van der Waals surface area contributed by atoms with Crippen molar-refractivity contribution in [3.8, 4) is 17.2 Å².